The fraction of sp³-hybridized carbons (Fsp3) is 0.444. The highest BCUT2D eigenvalue weighted by atomic mass is 32.2. The molecule has 0 bridgehead atoms. The van der Waals surface area contributed by atoms with Crippen molar-refractivity contribution in [1.82, 2.24) is 19.9 Å². The van der Waals surface area contributed by atoms with Gasteiger partial charge in [-0.15, -0.1) is 11.8 Å². The van der Waals surface area contributed by atoms with Crippen LogP contribution in [0, 0.1) is 0 Å². The molecule has 196 valence electrons. The molecule has 2 unspecified atom stereocenters. The predicted molar refractivity (Wildman–Crippen MR) is 149 cm³/mol. The molecule has 2 atom stereocenters. The zero-order chi connectivity index (χ0) is 25.9. The molecular formula is C27H34N6O3S. The maximum Gasteiger partial charge on any atom is 0.319 e. The van der Waals surface area contributed by atoms with E-state index >= 15 is 0 Å². The summed E-state index contributed by atoms with van der Waals surface area (Å²) in [5.41, 5.74) is 2.73. The summed E-state index contributed by atoms with van der Waals surface area (Å²) in [5, 5.41) is 16.5. The topological polar surface area (TPSA) is 115 Å². The van der Waals surface area contributed by atoms with Crippen LogP contribution in [0.25, 0.3) is 11.0 Å². The Balaban J connectivity index is 1.37. The number of anilines is 3. The average Bonchev–Trinajstić information content (AvgIpc) is 3.51. The molecule has 2 aliphatic heterocycles. The molecule has 5 rings (SSSR count). The number of carbonyl (C=O) groups is 1. The standard InChI is InChI=1S/C27H34N6O3S/c1-4-11-33-12-8-17(9-13-33)18-5-6-20(22(15-18)36-3)30-27-31-24-19(7-10-28-24)25(32-27)29-21-14-16(2)37-23(21)26(34)35/h5-7,10,14-15,17,21,23H,4,8-9,11-13H2,1-3H3,(H,34,35)(H3,28,29,30,31,32). The number of methoxy groups -OCH3 is 1. The van der Waals surface area contributed by atoms with Crippen LogP contribution in [0.1, 0.15) is 44.6 Å². The Bertz CT molecular complexity index is 1300. The Morgan fingerprint density at radius 1 is 1.27 bits per heavy atom. The average molecular weight is 523 g/mol. The van der Waals surface area contributed by atoms with Crippen molar-refractivity contribution in [3.63, 3.8) is 0 Å². The van der Waals surface area contributed by atoms with Crippen molar-refractivity contribution in [3.8, 4) is 5.75 Å². The van der Waals surface area contributed by atoms with Crippen molar-refractivity contribution in [3.05, 3.63) is 47.0 Å². The Morgan fingerprint density at radius 2 is 2.08 bits per heavy atom. The highest BCUT2D eigenvalue weighted by Gasteiger charge is 2.33. The number of hydrogen-bond donors (Lipinski definition) is 4. The molecule has 1 aromatic carbocycles. The number of aromatic nitrogens is 3. The first kappa shape index (κ1) is 25.4. The lowest BCUT2D eigenvalue weighted by Crippen LogP contribution is -2.33. The second kappa shape index (κ2) is 11.0. The molecule has 0 radical (unpaired) electrons. The van der Waals surface area contributed by atoms with Gasteiger partial charge in [0, 0.05) is 6.20 Å². The van der Waals surface area contributed by atoms with Crippen molar-refractivity contribution in [2.45, 2.75) is 50.3 Å². The summed E-state index contributed by atoms with van der Waals surface area (Å²) in [6.07, 6.45) is 7.24. The van der Waals surface area contributed by atoms with E-state index < -0.39 is 11.2 Å². The predicted octanol–water partition coefficient (Wildman–Crippen LogP) is 5.18. The number of ether oxygens (including phenoxy) is 1. The van der Waals surface area contributed by atoms with E-state index in [2.05, 4.69) is 44.6 Å². The van der Waals surface area contributed by atoms with Gasteiger partial charge in [-0.05, 0) is 80.4 Å². The first-order chi connectivity index (χ1) is 17.9. The van der Waals surface area contributed by atoms with Crippen LogP contribution in [-0.2, 0) is 4.79 Å². The Hall–Kier alpha value is -3.24. The van der Waals surface area contributed by atoms with E-state index in [1.165, 1.54) is 30.3 Å². The molecule has 2 aromatic heterocycles. The van der Waals surface area contributed by atoms with Crippen molar-refractivity contribution in [2.75, 3.05) is 37.4 Å². The van der Waals surface area contributed by atoms with Gasteiger partial charge in [0.15, 0.2) is 0 Å². The van der Waals surface area contributed by atoms with E-state index in [9.17, 15) is 9.90 Å². The number of carboxylic acid groups (broad SMARTS) is 1. The Kier molecular flexibility index (Phi) is 7.57. The number of allylic oxidation sites excluding steroid dienone is 1. The van der Waals surface area contributed by atoms with Crippen LogP contribution in [0.3, 0.4) is 0 Å². The minimum absolute atomic E-state index is 0.374. The quantitative estimate of drug-likeness (QED) is 0.301. The van der Waals surface area contributed by atoms with E-state index in [1.807, 2.05) is 25.1 Å². The van der Waals surface area contributed by atoms with Gasteiger partial charge < -0.3 is 30.4 Å². The lowest BCUT2D eigenvalue weighted by atomic mass is 9.89. The van der Waals surface area contributed by atoms with Gasteiger partial charge in [-0.2, -0.15) is 9.97 Å². The third kappa shape index (κ3) is 5.55. The number of carboxylic acids is 1. The summed E-state index contributed by atoms with van der Waals surface area (Å²) >= 11 is 1.35. The number of nitrogens with zero attached hydrogens (tertiary/aromatic N) is 3. The number of benzene rings is 1. The second-order valence-corrected chi connectivity index (χ2v) is 11.0. The molecule has 0 saturated carbocycles. The molecule has 3 aromatic rings. The third-order valence-electron chi connectivity index (χ3n) is 7.09. The van der Waals surface area contributed by atoms with Gasteiger partial charge in [-0.1, -0.05) is 19.1 Å². The van der Waals surface area contributed by atoms with Gasteiger partial charge in [0.25, 0.3) is 0 Å². The number of nitrogens with one attached hydrogen (secondary N) is 3. The van der Waals surface area contributed by atoms with Gasteiger partial charge in [0.2, 0.25) is 5.95 Å². The number of H-pyrrole nitrogens is 1. The minimum Gasteiger partial charge on any atom is -0.495 e. The second-order valence-electron chi connectivity index (χ2n) is 9.66. The zero-order valence-corrected chi connectivity index (χ0v) is 22.3. The summed E-state index contributed by atoms with van der Waals surface area (Å²) < 4.78 is 5.74. The van der Waals surface area contributed by atoms with E-state index in [4.69, 9.17) is 9.72 Å². The molecule has 9 nitrogen and oxygen atoms in total. The van der Waals surface area contributed by atoms with Crippen LogP contribution in [0.15, 0.2) is 41.4 Å². The summed E-state index contributed by atoms with van der Waals surface area (Å²) in [7, 11) is 1.68. The highest BCUT2D eigenvalue weighted by molar-refractivity contribution is 8.04. The summed E-state index contributed by atoms with van der Waals surface area (Å²) in [5.74, 6) is 1.39. The molecule has 10 heteroatoms. The molecule has 2 aliphatic rings. The van der Waals surface area contributed by atoms with Gasteiger partial charge in [-0.3, -0.25) is 4.79 Å². The Labute approximate surface area is 221 Å². The van der Waals surface area contributed by atoms with Crippen LogP contribution in [0.5, 0.6) is 5.75 Å². The van der Waals surface area contributed by atoms with Gasteiger partial charge in [0.05, 0.1) is 24.2 Å². The van der Waals surface area contributed by atoms with E-state index in [0.29, 0.717) is 23.3 Å². The number of aliphatic carboxylic acids is 1. The molecule has 1 saturated heterocycles. The number of rotatable bonds is 9. The molecule has 4 N–H and O–H groups in total. The number of hydrogen-bond acceptors (Lipinski definition) is 8. The molecule has 0 aliphatic carbocycles. The largest absolute Gasteiger partial charge is 0.495 e. The SMILES string of the molecule is CCCN1CCC(c2ccc(Nc3nc(NC4C=C(C)SC4C(=O)O)c4cc[nH]c4n3)c(OC)c2)CC1. The maximum atomic E-state index is 11.8. The molecule has 0 amide bonds. The van der Waals surface area contributed by atoms with Crippen molar-refractivity contribution >= 4 is 46.2 Å². The third-order valence-corrected chi connectivity index (χ3v) is 8.34. The monoisotopic (exact) mass is 522 g/mol. The summed E-state index contributed by atoms with van der Waals surface area (Å²) in [6, 6.07) is 7.83. The van der Waals surface area contributed by atoms with Crippen molar-refractivity contribution in [1.29, 1.82) is 0 Å². The minimum atomic E-state index is -0.853. The van der Waals surface area contributed by atoms with Gasteiger partial charge in [-0.25, -0.2) is 0 Å². The number of fused-ring (bicyclic) bond motifs is 1. The fourth-order valence-corrected chi connectivity index (χ4v) is 6.25. The van der Waals surface area contributed by atoms with E-state index in [-0.39, 0.29) is 6.04 Å². The smallest absolute Gasteiger partial charge is 0.319 e. The number of piperidine rings is 1. The van der Waals surface area contributed by atoms with Crippen LogP contribution in [0.2, 0.25) is 0 Å². The van der Waals surface area contributed by atoms with Crippen LogP contribution in [0.4, 0.5) is 17.5 Å². The normalized spacial score (nSPS) is 20.7. The number of aromatic amines is 1. The lowest BCUT2D eigenvalue weighted by Gasteiger charge is -2.32. The van der Waals surface area contributed by atoms with Gasteiger partial charge >= 0.3 is 5.97 Å². The first-order valence-corrected chi connectivity index (χ1v) is 13.7. The molecular weight excluding hydrogens is 488 g/mol. The lowest BCUT2D eigenvalue weighted by molar-refractivity contribution is -0.136. The number of likely N-dealkylation sites (tertiary alicyclic amines) is 1. The fourth-order valence-electron chi connectivity index (χ4n) is 5.23. The number of thioether (sulfide) groups is 1. The first-order valence-electron chi connectivity index (χ1n) is 12.8. The summed E-state index contributed by atoms with van der Waals surface area (Å²) in [4.78, 5) is 27.8. The molecule has 1 fully saturated rings. The van der Waals surface area contributed by atoms with Gasteiger partial charge in [0.1, 0.15) is 22.5 Å². The van der Waals surface area contributed by atoms with Crippen LogP contribution < -0.4 is 15.4 Å². The van der Waals surface area contributed by atoms with Crippen LogP contribution >= 0.6 is 11.8 Å². The Morgan fingerprint density at radius 3 is 2.81 bits per heavy atom. The van der Waals surface area contributed by atoms with Crippen molar-refractivity contribution < 1.29 is 14.6 Å². The van der Waals surface area contributed by atoms with Crippen molar-refractivity contribution in [2.24, 2.45) is 0 Å². The summed E-state index contributed by atoms with van der Waals surface area (Å²) in [6.45, 7) is 7.60. The molecule has 4 heterocycles. The van der Waals surface area contributed by atoms with E-state index in [0.717, 1.165) is 47.7 Å². The van der Waals surface area contributed by atoms with E-state index in [1.54, 1.807) is 13.3 Å². The maximum absolute atomic E-state index is 11.8. The molecule has 37 heavy (non-hydrogen) atoms. The van der Waals surface area contributed by atoms with Crippen LogP contribution in [-0.4, -0.2) is 69.0 Å². The highest BCUT2D eigenvalue weighted by Crippen LogP contribution is 2.37. The molecule has 0 spiro atoms. The zero-order valence-electron chi connectivity index (χ0n) is 21.5.